The van der Waals surface area contributed by atoms with Crippen LogP contribution >= 0.6 is 0 Å². The van der Waals surface area contributed by atoms with E-state index in [4.69, 9.17) is 0 Å². The summed E-state index contributed by atoms with van der Waals surface area (Å²) in [6, 6.07) is 20.0. The molecule has 0 aliphatic rings. The van der Waals surface area contributed by atoms with Gasteiger partial charge in [0.15, 0.2) is 11.6 Å². The van der Waals surface area contributed by atoms with Gasteiger partial charge in [0.1, 0.15) is 0 Å². The first-order chi connectivity index (χ1) is 17.1. The van der Waals surface area contributed by atoms with Crippen LogP contribution in [0.15, 0.2) is 60.7 Å². The highest BCUT2D eigenvalue weighted by Gasteiger charge is 2.14. The molecule has 0 aliphatic carbocycles. The molecule has 0 fully saturated rings. The van der Waals surface area contributed by atoms with Crippen molar-refractivity contribution in [1.29, 1.82) is 0 Å². The van der Waals surface area contributed by atoms with E-state index >= 15 is 0 Å². The van der Waals surface area contributed by atoms with E-state index in [0.29, 0.717) is 23.1 Å². The quantitative estimate of drug-likeness (QED) is 0.191. The Morgan fingerprint density at radius 3 is 1.54 bits per heavy atom. The van der Waals surface area contributed by atoms with Crippen molar-refractivity contribution < 1.29 is 8.78 Å². The molecule has 0 spiro atoms. The van der Waals surface area contributed by atoms with E-state index in [9.17, 15) is 8.78 Å². The SMILES string of the molecule is CCCCCCCCc1ccc(-c2ccc(-c3ccc(CCCCCCC)cc3)cc2)c(F)c1F. The monoisotopic (exact) mass is 476 g/mol. The molecule has 3 aromatic carbocycles. The maximum absolute atomic E-state index is 14.9. The van der Waals surface area contributed by atoms with Gasteiger partial charge in [-0.15, -0.1) is 0 Å². The molecule has 0 aliphatic heterocycles. The van der Waals surface area contributed by atoms with E-state index in [2.05, 4.69) is 38.1 Å². The zero-order valence-electron chi connectivity index (χ0n) is 21.7. The summed E-state index contributed by atoms with van der Waals surface area (Å²) < 4.78 is 29.6. The topological polar surface area (TPSA) is 0 Å². The van der Waals surface area contributed by atoms with Crippen LogP contribution in [0.1, 0.15) is 95.6 Å². The van der Waals surface area contributed by atoms with E-state index in [1.54, 1.807) is 12.1 Å². The van der Waals surface area contributed by atoms with E-state index < -0.39 is 11.6 Å². The first-order valence-electron chi connectivity index (χ1n) is 13.8. The van der Waals surface area contributed by atoms with Crippen LogP contribution in [0.25, 0.3) is 22.3 Å². The molecule has 0 atom stereocenters. The third-order valence-electron chi connectivity index (χ3n) is 7.01. The Morgan fingerprint density at radius 2 is 0.943 bits per heavy atom. The Morgan fingerprint density at radius 1 is 0.457 bits per heavy atom. The largest absolute Gasteiger partial charge is 0.203 e. The molecule has 0 nitrogen and oxygen atoms in total. The molecule has 2 heteroatoms. The first kappa shape index (κ1) is 27.1. The van der Waals surface area contributed by atoms with Crippen LogP contribution in [0.2, 0.25) is 0 Å². The van der Waals surface area contributed by atoms with Crippen molar-refractivity contribution in [3.05, 3.63) is 83.4 Å². The van der Waals surface area contributed by atoms with Crippen LogP contribution in [0.3, 0.4) is 0 Å². The summed E-state index contributed by atoms with van der Waals surface area (Å²) in [7, 11) is 0. The molecule has 0 saturated heterocycles. The van der Waals surface area contributed by atoms with Gasteiger partial charge in [-0.25, -0.2) is 8.78 Å². The van der Waals surface area contributed by atoms with Crippen molar-refractivity contribution in [2.75, 3.05) is 0 Å². The smallest absolute Gasteiger partial charge is 0.166 e. The molecule has 3 aromatic rings. The Labute approximate surface area is 211 Å². The second-order valence-corrected chi connectivity index (χ2v) is 9.86. The number of hydrogen-bond acceptors (Lipinski definition) is 0. The van der Waals surface area contributed by atoms with Gasteiger partial charge in [0, 0.05) is 5.56 Å². The summed E-state index contributed by atoms with van der Waals surface area (Å²) in [6.07, 6.45) is 15.1. The van der Waals surface area contributed by atoms with E-state index in [1.165, 1.54) is 63.4 Å². The molecular formula is C33H42F2. The maximum atomic E-state index is 14.9. The molecule has 0 saturated carbocycles. The third-order valence-corrected chi connectivity index (χ3v) is 7.01. The number of benzene rings is 3. The number of halogens is 2. The normalized spacial score (nSPS) is 11.2. The predicted molar refractivity (Wildman–Crippen MR) is 147 cm³/mol. The van der Waals surface area contributed by atoms with Crippen LogP contribution in [0, 0.1) is 11.6 Å². The van der Waals surface area contributed by atoms with Crippen LogP contribution in [0.5, 0.6) is 0 Å². The molecule has 0 aromatic heterocycles. The van der Waals surface area contributed by atoms with Crippen molar-refractivity contribution in [3.8, 4) is 22.3 Å². The standard InChI is InChI=1S/C33H42F2/c1-3-5-7-9-11-13-15-30-24-25-31(33(35)32(30)34)29-22-20-28(21-23-29)27-18-16-26(17-19-27)14-12-10-8-6-4-2/h16-25H,3-15H2,1-2H3. The minimum atomic E-state index is -0.732. The molecule has 0 radical (unpaired) electrons. The predicted octanol–water partition coefficient (Wildman–Crippen LogP) is 10.7. The fourth-order valence-corrected chi connectivity index (χ4v) is 4.74. The average molecular weight is 477 g/mol. The van der Waals surface area contributed by atoms with Gasteiger partial charge in [-0.3, -0.25) is 0 Å². The van der Waals surface area contributed by atoms with Gasteiger partial charge in [0.2, 0.25) is 0 Å². The molecular weight excluding hydrogens is 434 g/mol. The highest BCUT2D eigenvalue weighted by atomic mass is 19.2. The number of aryl methyl sites for hydroxylation is 2. The highest BCUT2D eigenvalue weighted by Crippen LogP contribution is 2.30. The fraction of sp³-hybridized carbons (Fsp3) is 0.455. The molecule has 3 rings (SSSR count). The summed E-state index contributed by atoms with van der Waals surface area (Å²) in [6.45, 7) is 4.44. The van der Waals surface area contributed by atoms with Crippen LogP contribution in [0.4, 0.5) is 8.78 Å². The second-order valence-electron chi connectivity index (χ2n) is 9.86. The number of unbranched alkanes of at least 4 members (excludes halogenated alkanes) is 9. The Kier molecular flexibility index (Phi) is 11.5. The number of rotatable bonds is 15. The number of hydrogen-bond donors (Lipinski definition) is 0. The van der Waals surface area contributed by atoms with Crippen LogP contribution in [-0.4, -0.2) is 0 Å². The van der Waals surface area contributed by atoms with Crippen molar-refractivity contribution in [2.45, 2.75) is 97.3 Å². The Bertz CT molecular complexity index is 1000. The van der Waals surface area contributed by atoms with Gasteiger partial charge < -0.3 is 0 Å². The van der Waals surface area contributed by atoms with Gasteiger partial charge >= 0.3 is 0 Å². The fourth-order valence-electron chi connectivity index (χ4n) is 4.74. The Balaban J connectivity index is 1.58. The molecule has 0 unspecified atom stereocenters. The van der Waals surface area contributed by atoms with Crippen molar-refractivity contribution in [1.82, 2.24) is 0 Å². The van der Waals surface area contributed by atoms with Gasteiger partial charge in [-0.2, -0.15) is 0 Å². The van der Waals surface area contributed by atoms with E-state index in [1.807, 2.05) is 24.3 Å². The van der Waals surface area contributed by atoms with Gasteiger partial charge in [0.25, 0.3) is 0 Å². The van der Waals surface area contributed by atoms with Crippen molar-refractivity contribution in [2.24, 2.45) is 0 Å². The third kappa shape index (κ3) is 8.30. The molecule has 0 heterocycles. The summed E-state index contributed by atoms with van der Waals surface area (Å²) in [5.74, 6) is -1.42. The van der Waals surface area contributed by atoms with Crippen molar-refractivity contribution in [3.63, 3.8) is 0 Å². The zero-order valence-corrected chi connectivity index (χ0v) is 21.7. The second kappa shape index (κ2) is 14.8. The molecule has 0 N–H and O–H groups in total. The van der Waals surface area contributed by atoms with Crippen LogP contribution < -0.4 is 0 Å². The lowest BCUT2D eigenvalue weighted by Crippen LogP contribution is -1.98. The highest BCUT2D eigenvalue weighted by molar-refractivity contribution is 5.71. The van der Waals surface area contributed by atoms with E-state index in [-0.39, 0.29) is 0 Å². The molecule has 0 amide bonds. The lowest BCUT2D eigenvalue weighted by Gasteiger charge is -2.10. The average Bonchev–Trinajstić information content (AvgIpc) is 2.89. The van der Waals surface area contributed by atoms with Gasteiger partial charge in [-0.05, 0) is 53.5 Å². The molecule has 188 valence electrons. The van der Waals surface area contributed by atoms with Gasteiger partial charge in [-0.1, -0.05) is 132 Å². The minimum absolute atomic E-state index is 0.333. The zero-order chi connectivity index (χ0) is 24.9. The Hall–Kier alpha value is -2.48. The lowest BCUT2D eigenvalue weighted by molar-refractivity contribution is 0.497. The summed E-state index contributed by atoms with van der Waals surface area (Å²) >= 11 is 0. The first-order valence-corrected chi connectivity index (χ1v) is 13.8. The van der Waals surface area contributed by atoms with E-state index in [0.717, 1.165) is 30.4 Å². The molecule has 35 heavy (non-hydrogen) atoms. The lowest BCUT2D eigenvalue weighted by atomic mass is 9.96. The van der Waals surface area contributed by atoms with Crippen molar-refractivity contribution >= 4 is 0 Å². The summed E-state index contributed by atoms with van der Waals surface area (Å²) in [4.78, 5) is 0. The van der Waals surface area contributed by atoms with Crippen LogP contribution in [-0.2, 0) is 12.8 Å². The van der Waals surface area contributed by atoms with Gasteiger partial charge in [0.05, 0.1) is 0 Å². The summed E-state index contributed by atoms with van der Waals surface area (Å²) in [5, 5.41) is 0. The summed E-state index contributed by atoms with van der Waals surface area (Å²) in [5.41, 5.74) is 5.14. The maximum Gasteiger partial charge on any atom is 0.166 e. The molecule has 0 bridgehead atoms. The minimum Gasteiger partial charge on any atom is -0.203 e.